The van der Waals surface area contributed by atoms with Gasteiger partial charge < -0.3 is 10.2 Å². The van der Waals surface area contributed by atoms with E-state index in [2.05, 4.69) is 10.0 Å². The van der Waals surface area contributed by atoms with Gasteiger partial charge in [0.1, 0.15) is 0 Å². The van der Waals surface area contributed by atoms with E-state index >= 15 is 0 Å². The topological polar surface area (TPSA) is 95.6 Å². The Morgan fingerprint density at radius 3 is 2.56 bits per heavy atom. The van der Waals surface area contributed by atoms with Crippen LogP contribution < -0.4 is 14.9 Å². The minimum absolute atomic E-state index is 0.0200. The number of nitrogens with one attached hydrogen (secondary N) is 2. The van der Waals surface area contributed by atoms with Gasteiger partial charge in [0.25, 0.3) is 5.91 Å². The molecule has 0 aliphatic carbocycles. The van der Waals surface area contributed by atoms with E-state index in [1.165, 1.54) is 0 Å². The summed E-state index contributed by atoms with van der Waals surface area (Å²) in [7, 11) is -3.56. The van der Waals surface area contributed by atoms with Crippen LogP contribution in [-0.2, 0) is 14.8 Å². The summed E-state index contributed by atoms with van der Waals surface area (Å²) in [4.78, 5) is 25.8. The van der Waals surface area contributed by atoms with Crippen LogP contribution in [0.5, 0.6) is 0 Å². The minimum atomic E-state index is -3.56. The smallest absolute Gasteiger partial charge is 0.251 e. The highest BCUT2D eigenvalue weighted by Gasteiger charge is 2.22. The van der Waals surface area contributed by atoms with E-state index in [9.17, 15) is 18.0 Å². The molecule has 0 aromatic heterocycles. The first-order valence-electron chi connectivity index (χ1n) is 8.69. The number of hydrogen-bond donors (Lipinski definition) is 2. The van der Waals surface area contributed by atoms with Crippen LogP contribution in [0, 0.1) is 0 Å². The van der Waals surface area contributed by atoms with E-state index in [4.69, 9.17) is 0 Å². The highest BCUT2D eigenvalue weighted by Crippen LogP contribution is 2.22. The Labute approximate surface area is 158 Å². The molecule has 1 aliphatic rings. The van der Waals surface area contributed by atoms with Crippen molar-refractivity contribution in [3.63, 3.8) is 0 Å². The molecule has 0 saturated carbocycles. The molecule has 0 bridgehead atoms. The number of rotatable bonds is 7. The van der Waals surface area contributed by atoms with Gasteiger partial charge in [-0.3, -0.25) is 14.3 Å². The SMILES string of the molecule is O=C(NCCS(=O)(=O)Nc1ccccc1)c1cccc(N2CCCC2=O)c1. The first kappa shape index (κ1) is 18.9. The Morgan fingerprint density at radius 2 is 1.85 bits per heavy atom. The van der Waals surface area contributed by atoms with Crippen molar-refractivity contribution in [1.82, 2.24) is 5.32 Å². The van der Waals surface area contributed by atoms with E-state index in [-0.39, 0.29) is 24.1 Å². The second-order valence-electron chi connectivity index (χ2n) is 6.24. The standard InChI is InChI=1S/C19H21N3O4S/c23-18-10-5-12-22(18)17-9-4-6-15(14-17)19(24)20-11-13-27(25,26)21-16-7-2-1-3-8-16/h1-4,6-9,14,21H,5,10-13H2,(H,20,24). The fraction of sp³-hybridized carbons (Fsp3) is 0.263. The quantitative estimate of drug-likeness (QED) is 0.759. The van der Waals surface area contributed by atoms with Crippen molar-refractivity contribution < 1.29 is 18.0 Å². The van der Waals surface area contributed by atoms with E-state index in [0.29, 0.717) is 29.9 Å². The maximum atomic E-state index is 12.3. The number of sulfonamides is 1. The van der Waals surface area contributed by atoms with Gasteiger partial charge in [0, 0.05) is 36.4 Å². The average Bonchev–Trinajstić information content (AvgIpc) is 3.08. The molecule has 0 spiro atoms. The second-order valence-corrected chi connectivity index (χ2v) is 8.08. The number of benzene rings is 2. The van der Waals surface area contributed by atoms with Crippen LogP contribution >= 0.6 is 0 Å². The van der Waals surface area contributed by atoms with Crippen LogP contribution in [0.4, 0.5) is 11.4 Å². The van der Waals surface area contributed by atoms with Crippen molar-refractivity contribution in [2.75, 3.05) is 28.5 Å². The van der Waals surface area contributed by atoms with E-state index in [1.54, 1.807) is 59.5 Å². The summed E-state index contributed by atoms with van der Waals surface area (Å²) < 4.78 is 26.6. The second kappa shape index (κ2) is 8.22. The number of anilines is 2. The molecule has 2 aromatic carbocycles. The zero-order chi connectivity index (χ0) is 19.3. The van der Waals surface area contributed by atoms with E-state index in [1.807, 2.05) is 0 Å². The molecule has 1 heterocycles. The summed E-state index contributed by atoms with van der Waals surface area (Å²) in [5.74, 6) is -0.568. The van der Waals surface area contributed by atoms with Crippen LogP contribution in [0.25, 0.3) is 0 Å². The molecular weight excluding hydrogens is 366 g/mol. The largest absolute Gasteiger partial charge is 0.351 e. The Kier molecular flexibility index (Phi) is 5.75. The lowest BCUT2D eigenvalue weighted by Crippen LogP contribution is -2.31. The van der Waals surface area contributed by atoms with Crippen LogP contribution in [0.3, 0.4) is 0 Å². The summed E-state index contributed by atoms with van der Waals surface area (Å²) in [5.41, 5.74) is 1.55. The van der Waals surface area contributed by atoms with Gasteiger partial charge in [0.15, 0.2) is 0 Å². The highest BCUT2D eigenvalue weighted by molar-refractivity contribution is 7.92. The monoisotopic (exact) mass is 387 g/mol. The molecule has 0 atom stereocenters. The summed E-state index contributed by atoms with van der Waals surface area (Å²) in [6.45, 7) is 0.626. The molecule has 1 saturated heterocycles. The molecule has 2 amide bonds. The minimum Gasteiger partial charge on any atom is -0.351 e. The predicted molar refractivity (Wildman–Crippen MR) is 104 cm³/mol. The maximum Gasteiger partial charge on any atom is 0.251 e. The van der Waals surface area contributed by atoms with E-state index < -0.39 is 10.0 Å². The van der Waals surface area contributed by atoms with Gasteiger partial charge in [-0.25, -0.2) is 8.42 Å². The molecule has 0 radical (unpaired) electrons. The molecule has 0 unspecified atom stereocenters. The van der Waals surface area contributed by atoms with Gasteiger partial charge in [-0.05, 0) is 36.8 Å². The highest BCUT2D eigenvalue weighted by atomic mass is 32.2. The fourth-order valence-electron chi connectivity index (χ4n) is 2.87. The zero-order valence-corrected chi connectivity index (χ0v) is 15.5. The number of carbonyl (C=O) groups excluding carboxylic acids is 2. The van der Waals surface area contributed by atoms with Crippen molar-refractivity contribution in [2.24, 2.45) is 0 Å². The van der Waals surface area contributed by atoms with Crippen molar-refractivity contribution in [1.29, 1.82) is 0 Å². The molecule has 3 rings (SSSR count). The number of hydrogen-bond acceptors (Lipinski definition) is 4. The molecule has 8 heteroatoms. The third-order valence-corrected chi connectivity index (χ3v) is 5.49. The summed E-state index contributed by atoms with van der Waals surface area (Å²) in [5, 5.41) is 2.61. The lowest BCUT2D eigenvalue weighted by atomic mass is 10.1. The van der Waals surface area contributed by atoms with Crippen molar-refractivity contribution in [2.45, 2.75) is 12.8 Å². The average molecular weight is 387 g/mol. The van der Waals surface area contributed by atoms with Gasteiger partial charge in [-0.2, -0.15) is 0 Å². The lowest BCUT2D eigenvalue weighted by Gasteiger charge is -2.16. The zero-order valence-electron chi connectivity index (χ0n) is 14.7. The molecule has 142 valence electrons. The van der Waals surface area contributed by atoms with Crippen LogP contribution in [0.1, 0.15) is 23.2 Å². The first-order valence-corrected chi connectivity index (χ1v) is 10.3. The number of nitrogens with zero attached hydrogens (tertiary/aromatic N) is 1. The van der Waals surface area contributed by atoms with Gasteiger partial charge in [-0.1, -0.05) is 24.3 Å². The number of amides is 2. The predicted octanol–water partition coefficient (Wildman–Crippen LogP) is 1.99. The molecule has 1 aliphatic heterocycles. The molecule has 7 nitrogen and oxygen atoms in total. The van der Waals surface area contributed by atoms with Gasteiger partial charge in [0.2, 0.25) is 15.9 Å². The van der Waals surface area contributed by atoms with Crippen molar-refractivity contribution >= 4 is 33.2 Å². The third kappa shape index (κ3) is 5.07. The lowest BCUT2D eigenvalue weighted by molar-refractivity contribution is -0.117. The molecule has 2 aromatic rings. The Bertz CT molecular complexity index is 929. The molecule has 1 fully saturated rings. The van der Waals surface area contributed by atoms with Crippen LogP contribution in [-0.4, -0.2) is 39.1 Å². The Hall–Kier alpha value is -2.87. The van der Waals surface area contributed by atoms with Gasteiger partial charge >= 0.3 is 0 Å². The van der Waals surface area contributed by atoms with Crippen molar-refractivity contribution in [3.05, 3.63) is 60.2 Å². The third-order valence-electron chi connectivity index (χ3n) is 4.20. The Balaban J connectivity index is 1.55. The molecular formula is C19H21N3O4S. The number of para-hydroxylation sites is 1. The maximum absolute atomic E-state index is 12.3. The van der Waals surface area contributed by atoms with Crippen molar-refractivity contribution in [3.8, 4) is 0 Å². The van der Waals surface area contributed by atoms with E-state index in [0.717, 1.165) is 6.42 Å². The Morgan fingerprint density at radius 1 is 1.07 bits per heavy atom. The normalized spacial score (nSPS) is 14.2. The summed E-state index contributed by atoms with van der Waals surface area (Å²) in [6.07, 6.45) is 1.32. The molecule has 27 heavy (non-hydrogen) atoms. The number of carbonyl (C=O) groups is 2. The van der Waals surface area contributed by atoms with Gasteiger partial charge in [-0.15, -0.1) is 0 Å². The first-order chi connectivity index (χ1) is 12.9. The summed E-state index contributed by atoms with van der Waals surface area (Å²) >= 11 is 0. The summed E-state index contributed by atoms with van der Waals surface area (Å²) in [6, 6.07) is 15.4. The molecule has 2 N–H and O–H groups in total. The van der Waals surface area contributed by atoms with Gasteiger partial charge in [0.05, 0.1) is 5.75 Å². The van der Waals surface area contributed by atoms with Crippen LogP contribution in [0.2, 0.25) is 0 Å². The fourth-order valence-corrected chi connectivity index (χ4v) is 3.84. The van der Waals surface area contributed by atoms with Crippen LogP contribution in [0.15, 0.2) is 54.6 Å².